The molecule has 1 aliphatic carbocycles. The number of hydrogen-bond acceptors (Lipinski definition) is 3. The van der Waals surface area contributed by atoms with Crippen LogP contribution >= 0.6 is 0 Å². The van der Waals surface area contributed by atoms with Crippen molar-refractivity contribution < 1.29 is 0 Å². The number of nitrogens with zero attached hydrogens (tertiary/aromatic N) is 1. The highest BCUT2D eigenvalue weighted by atomic mass is 16.3. The fourth-order valence-corrected chi connectivity index (χ4v) is 0.693. The van der Waals surface area contributed by atoms with Crippen LogP contribution in [0.4, 0.5) is 0 Å². The average Bonchev–Trinajstić information content (AvgIpc) is 1.90. The van der Waals surface area contributed by atoms with Crippen LogP contribution in [0.15, 0.2) is 29.5 Å². The van der Waals surface area contributed by atoms with Crippen molar-refractivity contribution in [3.63, 3.8) is 0 Å². The second kappa shape index (κ2) is 2.11. The van der Waals surface area contributed by atoms with E-state index in [9.17, 15) is 4.91 Å². The van der Waals surface area contributed by atoms with Gasteiger partial charge in [0.15, 0.2) is 5.66 Å². The predicted octanol–water partition coefficient (Wildman–Crippen LogP) is 0.924. The van der Waals surface area contributed by atoms with Gasteiger partial charge in [0, 0.05) is 6.42 Å². The molecule has 0 spiro atoms. The summed E-state index contributed by atoms with van der Waals surface area (Å²) < 4.78 is 0. The first-order valence-corrected chi connectivity index (χ1v) is 2.75. The Balaban J connectivity index is 2.73. The Morgan fingerprint density at radius 3 is 2.67 bits per heavy atom. The van der Waals surface area contributed by atoms with Crippen molar-refractivity contribution in [2.75, 3.05) is 0 Å². The molecule has 1 rings (SSSR count). The first-order chi connectivity index (χ1) is 4.27. The Labute approximate surface area is 53.2 Å². The van der Waals surface area contributed by atoms with Crippen LogP contribution in [0.5, 0.6) is 0 Å². The molecule has 0 saturated carbocycles. The molecule has 0 aliphatic heterocycles. The zero-order chi connectivity index (χ0) is 6.74. The Hall–Kier alpha value is -0.960. The van der Waals surface area contributed by atoms with Crippen molar-refractivity contribution in [3.8, 4) is 0 Å². The molecule has 0 fully saturated rings. The summed E-state index contributed by atoms with van der Waals surface area (Å²) in [7, 11) is 0. The largest absolute Gasteiger partial charge is 0.301 e. The highest BCUT2D eigenvalue weighted by Crippen LogP contribution is 2.14. The predicted molar refractivity (Wildman–Crippen MR) is 35.6 cm³/mol. The number of allylic oxidation sites excluding steroid dienone is 2. The van der Waals surface area contributed by atoms with E-state index < -0.39 is 5.66 Å². The van der Waals surface area contributed by atoms with Gasteiger partial charge in [-0.25, -0.2) is 0 Å². The topological polar surface area (TPSA) is 55.4 Å². The van der Waals surface area contributed by atoms with E-state index in [1.54, 1.807) is 12.2 Å². The lowest BCUT2D eigenvalue weighted by Crippen LogP contribution is -2.34. The number of nitroso groups, excluding NO2 is 1. The van der Waals surface area contributed by atoms with Gasteiger partial charge in [-0.1, -0.05) is 18.2 Å². The van der Waals surface area contributed by atoms with Gasteiger partial charge in [-0.05, 0) is 11.3 Å². The third-order valence-electron chi connectivity index (χ3n) is 1.25. The molecule has 2 N–H and O–H groups in total. The lowest BCUT2D eigenvalue weighted by atomic mass is 10.0. The standard InChI is InChI=1S/C6H8N2O/c7-6(8-9)4-2-1-3-5-6/h1-4H,5,7H2/t6-/m0/s1. The average molecular weight is 124 g/mol. The van der Waals surface area contributed by atoms with Gasteiger partial charge in [-0.2, -0.15) is 0 Å². The Morgan fingerprint density at radius 1 is 1.56 bits per heavy atom. The molecule has 0 aromatic rings. The number of rotatable bonds is 1. The minimum absolute atomic E-state index is 0.507. The maximum absolute atomic E-state index is 10.0. The summed E-state index contributed by atoms with van der Waals surface area (Å²) in [6, 6.07) is 0. The van der Waals surface area contributed by atoms with Crippen LogP contribution in [0, 0.1) is 4.91 Å². The molecule has 0 amide bonds. The van der Waals surface area contributed by atoms with Crippen molar-refractivity contribution in [3.05, 3.63) is 29.2 Å². The molecule has 0 unspecified atom stereocenters. The van der Waals surface area contributed by atoms with Crippen LogP contribution in [0.25, 0.3) is 0 Å². The molecule has 1 aliphatic rings. The zero-order valence-electron chi connectivity index (χ0n) is 4.95. The summed E-state index contributed by atoms with van der Waals surface area (Å²) >= 11 is 0. The summed E-state index contributed by atoms with van der Waals surface area (Å²) in [5.74, 6) is 0. The monoisotopic (exact) mass is 124 g/mol. The third kappa shape index (κ3) is 1.23. The van der Waals surface area contributed by atoms with E-state index in [0.29, 0.717) is 6.42 Å². The van der Waals surface area contributed by atoms with E-state index in [1.165, 1.54) is 0 Å². The minimum Gasteiger partial charge on any atom is -0.301 e. The van der Waals surface area contributed by atoms with E-state index >= 15 is 0 Å². The van der Waals surface area contributed by atoms with E-state index in [0.717, 1.165) is 0 Å². The Bertz CT molecular complexity index is 174. The molecule has 9 heavy (non-hydrogen) atoms. The molecular weight excluding hydrogens is 116 g/mol. The molecule has 3 heteroatoms. The molecule has 1 atom stereocenters. The SMILES string of the molecule is N[C@]1(N=O)C=CC=CC1. The first kappa shape index (κ1) is 6.16. The van der Waals surface area contributed by atoms with Gasteiger partial charge in [0.2, 0.25) is 0 Å². The molecule has 0 aromatic heterocycles. The lowest BCUT2D eigenvalue weighted by Gasteiger charge is -2.15. The third-order valence-corrected chi connectivity index (χ3v) is 1.25. The normalized spacial score (nSPS) is 32.6. The van der Waals surface area contributed by atoms with Gasteiger partial charge >= 0.3 is 0 Å². The Morgan fingerprint density at radius 2 is 2.33 bits per heavy atom. The smallest absolute Gasteiger partial charge is 0.172 e. The highest BCUT2D eigenvalue weighted by molar-refractivity contribution is 5.18. The molecule has 3 nitrogen and oxygen atoms in total. The van der Waals surface area contributed by atoms with Crippen molar-refractivity contribution in [2.45, 2.75) is 12.1 Å². The van der Waals surface area contributed by atoms with Crippen LogP contribution in [0.3, 0.4) is 0 Å². The fraction of sp³-hybridized carbons (Fsp3) is 0.333. The van der Waals surface area contributed by atoms with Crippen molar-refractivity contribution in [1.29, 1.82) is 0 Å². The molecule has 48 valence electrons. The van der Waals surface area contributed by atoms with E-state index in [2.05, 4.69) is 5.18 Å². The lowest BCUT2D eigenvalue weighted by molar-refractivity contribution is 0.555. The molecule has 0 radical (unpaired) electrons. The van der Waals surface area contributed by atoms with Crippen LogP contribution in [0.1, 0.15) is 6.42 Å². The second-order valence-corrected chi connectivity index (χ2v) is 2.07. The van der Waals surface area contributed by atoms with Gasteiger partial charge in [-0.15, -0.1) is 4.91 Å². The van der Waals surface area contributed by atoms with E-state index in [-0.39, 0.29) is 0 Å². The van der Waals surface area contributed by atoms with Gasteiger partial charge in [0.05, 0.1) is 0 Å². The zero-order valence-corrected chi connectivity index (χ0v) is 4.95. The Kier molecular flexibility index (Phi) is 1.44. The summed E-state index contributed by atoms with van der Waals surface area (Å²) in [6.07, 6.45) is 7.50. The second-order valence-electron chi connectivity index (χ2n) is 2.07. The van der Waals surface area contributed by atoms with Crippen LogP contribution in [0.2, 0.25) is 0 Å². The van der Waals surface area contributed by atoms with Gasteiger partial charge in [0.25, 0.3) is 0 Å². The van der Waals surface area contributed by atoms with Gasteiger partial charge < -0.3 is 5.73 Å². The van der Waals surface area contributed by atoms with E-state index in [1.807, 2.05) is 12.2 Å². The van der Waals surface area contributed by atoms with Gasteiger partial charge in [0.1, 0.15) is 0 Å². The van der Waals surface area contributed by atoms with Gasteiger partial charge in [-0.3, -0.25) is 0 Å². The molecule has 0 bridgehead atoms. The van der Waals surface area contributed by atoms with Crippen LogP contribution < -0.4 is 5.73 Å². The summed E-state index contributed by atoms with van der Waals surface area (Å²) in [4.78, 5) is 10.0. The quantitative estimate of drug-likeness (QED) is 0.528. The van der Waals surface area contributed by atoms with Crippen molar-refractivity contribution >= 4 is 0 Å². The molecule has 0 saturated heterocycles. The van der Waals surface area contributed by atoms with Crippen molar-refractivity contribution in [2.24, 2.45) is 10.9 Å². The first-order valence-electron chi connectivity index (χ1n) is 2.75. The van der Waals surface area contributed by atoms with E-state index in [4.69, 9.17) is 5.73 Å². The fourth-order valence-electron chi connectivity index (χ4n) is 0.693. The van der Waals surface area contributed by atoms with Crippen molar-refractivity contribution in [1.82, 2.24) is 0 Å². The maximum Gasteiger partial charge on any atom is 0.172 e. The summed E-state index contributed by atoms with van der Waals surface area (Å²) in [5.41, 5.74) is 4.46. The maximum atomic E-state index is 10.0. The molecule has 0 heterocycles. The summed E-state index contributed by atoms with van der Waals surface area (Å²) in [6.45, 7) is 0. The van der Waals surface area contributed by atoms with Crippen LogP contribution in [-0.2, 0) is 0 Å². The number of hydrogen-bond donors (Lipinski definition) is 1. The molecule has 0 aromatic carbocycles. The number of nitrogens with two attached hydrogens (primary N) is 1. The summed E-state index contributed by atoms with van der Waals surface area (Å²) in [5, 5.41) is 2.77. The minimum atomic E-state index is -0.977. The van der Waals surface area contributed by atoms with Crippen LogP contribution in [-0.4, -0.2) is 5.66 Å². The highest BCUT2D eigenvalue weighted by Gasteiger charge is 2.21. The molecular formula is C6H8N2O.